The van der Waals surface area contributed by atoms with Crippen molar-refractivity contribution in [2.24, 2.45) is 10.9 Å². The number of rotatable bonds is 6. The van der Waals surface area contributed by atoms with Gasteiger partial charge < -0.3 is 10.6 Å². The summed E-state index contributed by atoms with van der Waals surface area (Å²) in [5.74, 6) is -1.14. The molecular formula is C28H25F2N5O2. The summed E-state index contributed by atoms with van der Waals surface area (Å²) < 4.78 is 28.6. The molecule has 7 nitrogen and oxygen atoms in total. The Hall–Kier alpha value is -4.27. The van der Waals surface area contributed by atoms with Crippen LogP contribution < -0.4 is 5.73 Å². The SMILES string of the molecule is C=CC(=O)N1CC[C@@H](C[C@@H]2CN=C(c3ccc(C(=O)c4ccc(F)cc4)cc3F)c3c(N)ncnc32)C1. The number of hydrogen-bond donors (Lipinski definition) is 1. The number of nitrogens with zero attached hydrogens (tertiary/aromatic N) is 4. The summed E-state index contributed by atoms with van der Waals surface area (Å²) in [6, 6.07) is 9.26. The molecule has 37 heavy (non-hydrogen) atoms. The van der Waals surface area contributed by atoms with Crippen molar-refractivity contribution in [1.82, 2.24) is 14.9 Å². The van der Waals surface area contributed by atoms with Gasteiger partial charge in [0.25, 0.3) is 0 Å². The van der Waals surface area contributed by atoms with Gasteiger partial charge >= 0.3 is 0 Å². The van der Waals surface area contributed by atoms with Crippen molar-refractivity contribution in [1.29, 1.82) is 0 Å². The number of carbonyl (C=O) groups is 2. The number of aliphatic imine (C=N–C) groups is 1. The molecule has 0 saturated carbocycles. The molecule has 1 saturated heterocycles. The molecule has 0 spiro atoms. The Balaban J connectivity index is 1.41. The minimum Gasteiger partial charge on any atom is -0.383 e. The molecular weight excluding hydrogens is 476 g/mol. The lowest BCUT2D eigenvalue weighted by Crippen LogP contribution is -2.28. The minimum atomic E-state index is -0.631. The third-order valence-corrected chi connectivity index (χ3v) is 6.98. The summed E-state index contributed by atoms with van der Waals surface area (Å²) in [6.07, 6.45) is 4.36. The molecule has 2 atom stereocenters. The van der Waals surface area contributed by atoms with E-state index in [9.17, 15) is 14.0 Å². The Morgan fingerprint density at radius 3 is 2.59 bits per heavy atom. The Morgan fingerprint density at radius 1 is 1.11 bits per heavy atom. The zero-order valence-corrected chi connectivity index (χ0v) is 20.0. The van der Waals surface area contributed by atoms with Crippen LogP contribution in [0.15, 0.2) is 66.4 Å². The van der Waals surface area contributed by atoms with Crippen molar-refractivity contribution >= 4 is 23.2 Å². The van der Waals surface area contributed by atoms with Crippen LogP contribution in [0, 0.1) is 17.6 Å². The lowest BCUT2D eigenvalue weighted by atomic mass is 9.84. The van der Waals surface area contributed by atoms with Crippen LogP contribution in [0.4, 0.5) is 14.6 Å². The molecule has 2 N–H and O–H groups in total. The molecule has 1 aromatic heterocycles. The van der Waals surface area contributed by atoms with Gasteiger partial charge in [0.1, 0.15) is 23.8 Å². The van der Waals surface area contributed by atoms with Gasteiger partial charge in [0.2, 0.25) is 5.91 Å². The van der Waals surface area contributed by atoms with Crippen molar-refractivity contribution in [2.45, 2.75) is 18.8 Å². The molecule has 3 heterocycles. The molecule has 1 fully saturated rings. The number of anilines is 1. The monoisotopic (exact) mass is 501 g/mol. The molecule has 2 aromatic carbocycles. The normalized spacial score (nSPS) is 18.8. The van der Waals surface area contributed by atoms with Gasteiger partial charge in [0, 0.05) is 42.2 Å². The van der Waals surface area contributed by atoms with Gasteiger partial charge in [-0.15, -0.1) is 0 Å². The number of nitrogen functional groups attached to an aromatic ring is 1. The standard InChI is InChI=1S/C28H25F2N5O2/c1-2-23(36)35-10-9-16(14-35)11-19-13-32-26(24-25(19)33-15-34-28(24)31)21-8-5-18(12-22(21)30)27(37)17-3-6-20(29)7-4-17/h2-8,12,15-16,19H,1,9-11,13-14H2,(H2,31,33,34)/t16-,19+/m0/s1. The number of halogens is 2. The van der Waals surface area contributed by atoms with Gasteiger partial charge in [-0.2, -0.15) is 0 Å². The second kappa shape index (κ2) is 10.0. The highest BCUT2D eigenvalue weighted by atomic mass is 19.1. The molecule has 3 aromatic rings. The predicted octanol–water partition coefficient (Wildman–Crippen LogP) is 3.93. The smallest absolute Gasteiger partial charge is 0.245 e. The second-order valence-electron chi connectivity index (χ2n) is 9.31. The van der Waals surface area contributed by atoms with Gasteiger partial charge in [-0.3, -0.25) is 14.6 Å². The molecule has 2 aliphatic rings. The quantitative estimate of drug-likeness (QED) is 0.407. The van der Waals surface area contributed by atoms with Crippen LogP contribution >= 0.6 is 0 Å². The van der Waals surface area contributed by atoms with Crippen molar-refractivity contribution in [3.8, 4) is 0 Å². The van der Waals surface area contributed by atoms with Gasteiger partial charge in [0.05, 0.1) is 17.0 Å². The number of nitrogens with two attached hydrogens (primary N) is 1. The van der Waals surface area contributed by atoms with Crippen molar-refractivity contribution in [3.05, 3.63) is 101 Å². The van der Waals surface area contributed by atoms with Crippen LogP contribution in [0.25, 0.3) is 0 Å². The lowest BCUT2D eigenvalue weighted by molar-refractivity contribution is -0.125. The summed E-state index contributed by atoms with van der Waals surface area (Å²) >= 11 is 0. The van der Waals surface area contributed by atoms with Crippen LogP contribution in [0.1, 0.15) is 51.5 Å². The highest BCUT2D eigenvalue weighted by Gasteiger charge is 2.33. The molecule has 0 aliphatic carbocycles. The van der Waals surface area contributed by atoms with E-state index in [4.69, 9.17) is 10.7 Å². The largest absolute Gasteiger partial charge is 0.383 e. The molecule has 1 amide bonds. The van der Waals surface area contributed by atoms with Crippen molar-refractivity contribution in [3.63, 3.8) is 0 Å². The number of carbonyl (C=O) groups excluding carboxylic acids is 2. The highest BCUT2D eigenvalue weighted by Crippen LogP contribution is 2.36. The minimum absolute atomic E-state index is 0.0461. The van der Waals surface area contributed by atoms with Gasteiger partial charge in [0.15, 0.2) is 5.78 Å². The van der Waals surface area contributed by atoms with E-state index in [2.05, 4.69) is 16.5 Å². The molecule has 9 heteroatoms. The zero-order chi connectivity index (χ0) is 26.1. The predicted molar refractivity (Wildman–Crippen MR) is 135 cm³/mol. The number of fused-ring (bicyclic) bond motifs is 1. The van der Waals surface area contributed by atoms with E-state index < -0.39 is 17.4 Å². The summed E-state index contributed by atoms with van der Waals surface area (Å²) in [6.45, 7) is 5.28. The zero-order valence-electron chi connectivity index (χ0n) is 20.0. The second-order valence-corrected chi connectivity index (χ2v) is 9.31. The molecule has 5 rings (SSSR count). The number of benzene rings is 2. The van der Waals surface area contributed by atoms with E-state index >= 15 is 4.39 Å². The fraction of sp³-hybridized carbons (Fsp3) is 0.250. The number of aromatic nitrogens is 2. The van der Waals surface area contributed by atoms with Crippen molar-refractivity contribution in [2.75, 3.05) is 25.4 Å². The topological polar surface area (TPSA) is 102 Å². The number of hydrogen-bond acceptors (Lipinski definition) is 6. The number of likely N-dealkylation sites (tertiary alicyclic amines) is 1. The third-order valence-electron chi connectivity index (χ3n) is 6.98. The first-order valence-electron chi connectivity index (χ1n) is 12.0. The van der Waals surface area contributed by atoms with Crippen LogP contribution in [0.3, 0.4) is 0 Å². The van der Waals surface area contributed by atoms with Gasteiger partial charge in [-0.1, -0.05) is 12.6 Å². The Bertz CT molecular complexity index is 1420. The highest BCUT2D eigenvalue weighted by molar-refractivity contribution is 6.17. The van der Waals surface area contributed by atoms with Crippen LogP contribution in [0.5, 0.6) is 0 Å². The lowest BCUT2D eigenvalue weighted by Gasteiger charge is -2.26. The Morgan fingerprint density at radius 2 is 1.86 bits per heavy atom. The van der Waals surface area contributed by atoms with Gasteiger partial charge in [-0.25, -0.2) is 18.7 Å². The first-order chi connectivity index (χ1) is 17.9. The van der Waals surface area contributed by atoms with Crippen LogP contribution in [0.2, 0.25) is 0 Å². The average Bonchev–Trinajstić information content (AvgIpc) is 3.37. The maximum atomic E-state index is 15.4. The van der Waals surface area contributed by atoms with E-state index in [0.29, 0.717) is 36.6 Å². The van der Waals surface area contributed by atoms with E-state index in [1.54, 1.807) is 4.90 Å². The fourth-order valence-electron chi connectivity index (χ4n) is 5.11. The molecule has 0 bridgehead atoms. The Kier molecular flexibility index (Phi) is 6.60. The van der Waals surface area contributed by atoms with Crippen LogP contribution in [-0.4, -0.2) is 51.9 Å². The maximum absolute atomic E-state index is 15.4. The van der Waals surface area contributed by atoms with E-state index in [1.165, 1.54) is 48.8 Å². The number of ketones is 1. The fourth-order valence-corrected chi connectivity index (χ4v) is 5.11. The Labute approximate surface area is 212 Å². The molecule has 0 unspecified atom stereocenters. The summed E-state index contributed by atoms with van der Waals surface area (Å²) in [5.41, 5.74) is 8.37. The van der Waals surface area contributed by atoms with Crippen molar-refractivity contribution < 1.29 is 18.4 Å². The van der Waals surface area contributed by atoms with E-state index in [0.717, 1.165) is 18.9 Å². The van der Waals surface area contributed by atoms with E-state index in [-0.39, 0.29) is 40.3 Å². The first kappa shape index (κ1) is 24.4. The average molecular weight is 502 g/mol. The summed E-state index contributed by atoms with van der Waals surface area (Å²) in [7, 11) is 0. The molecule has 188 valence electrons. The van der Waals surface area contributed by atoms with E-state index in [1.807, 2.05) is 0 Å². The van der Waals surface area contributed by atoms with Crippen LogP contribution in [-0.2, 0) is 4.79 Å². The number of amides is 1. The molecule has 2 aliphatic heterocycles. The van der Waals surface area contributed by atoms with Gasteiger partial charge in [-0.05, 0) is 61.2 Å². The third kappa shape index (κ3) is 4.76. The first-order valence-corrected chi connectivity index (χ1v) is 12.0. The summed E-state index contributed by atoms with van der Waals surface area (Å²) in [4.78, 5) is 39.8. The summed E-state index contributed by atoms with van der Waals surface area (Å²) in [5, 5.41) is 0. The molecule has 0 radical (unpaired) electrons. The maximum Gasteiger partial charge on any atom is 0.245 e.